The van der Waals surface area contributed by atoms with E-state index in [0.29, 0.717) is 0 Å². The Hall–Kier alpha value is -2.75. The predicted molar refractivity (Wildman–Crippen MR) is 117 cm³/mol. The highest BCUT2D eigenvalue weighted by Gasteiger charge is 2.29. The molecule has 1 N–H and O–H groups in total. The SMILES string of the molecule is O=C(Cc1coc2cc3c(cc12)CCC3)Nc1ccc(F)c(S(=O)(=O)N2CCOCC2)c1. The maximum absolute atomic E-state index is 14.4. The zero-order valence-electron chi connectivity index (χ0n) is 17.4. The minimum Gasteiger partial charge on any atom is -0.464 e. The van der Waals surface area contributed by atoms with Gasteiger partial charge in [-0.05, 0) is 60.7 Å². The van der Waals surface area contributed by atoms with Crippen molar-refractivity contribution in [1.29, 1.82) is 0 Å². The summed E-state index contributed by atoms with van der Waals surface area (Å²) in [5.74, 6) is -1.20. The van der Waals surface area contributed by atoms with Crippen LogP contribution < -0.4 is 5.32 Å². The van der Waals surface area contributed by atoms with Crippen LogP contribution in [0.3, 0.4) is 0 Å². The number of benzene rings is 2. The Labute approximate surface area is 185 Å². The van der Waals surface area contributed by atoms with Gasteiger partial charge in [-0.1, -0.05) is 0 Å². The lowest BCUT2D eigenvalue weighted by Crippen LogP contribution is -2.40. The number of carbonyl (C=O) groups is 1. The second-order valence-electron chi connectivity index (χ2n) is 8.12. The number of furan rings is 1. The Morgan fingerprint density at radius 3 is 2.62 bits per heavy atom. The van der Waals surface area contributed by atoms with E-state index in [1.807, 2.05) is 6.07 Å². The van der Waals surface area contributed by atoms with Crippen LogP contribution in [-0.2, 0) is 38.8 Å². The topological polar surface area (TPSA) is 88.8 Å². The average Bonchev–Trinajstić information content (AvgIpc) is 3.40. The summed E-state index contributed by atoms with van der Waals surface area (Å²) in [6.07, 6.45) is 4.84. The Morgan fingerprint density at radius 2 is 1.84 bits per heavy atom. The van der Waals surface area contributed by atoms with Gasteiger partial charge in [0.25, 0.3) is 0 Å². The molecule has 0 spiro atoms. The summed E-state index contributed by atoms with van der Waals surface area (Å²) >= 11 is 0. The summed E-state index contributed by atoms with van der Waals surface area (Å²) in [7, 11) is -4.02. The first-order valence-corrected chi connectivity index (χ1v) is 12.0. The van der Waals surface area contributed by atoms with Crippen molar-refractivity contribution in [2.24, 2.45) is 0 Å². The van der Waals surface area contributed by atoms with E-state index in [9.17, 15) is 17.6 Å². The quantitative estimate of drug-likeness (QED) is 0.634. The lowest BCUT2D eigenvalue weighted by atomic mass is 10.0. The number of hydrogen-bond donors (Lipinski definition) is 1. The number of carbonyl (C=O) groups excluding carboxylic acids is 1. The number of morpholine rings is 1. The van der Waals surface area contributed by atoms with E-state index in [0.717, 1.165) is 41.9 Å². The molecule has 0 saturated carbocycles. The molecule has 0 atom stereocenters. The van der Waals surface area contributed by atoms with Crippen LogP contribution in [0.25, 0.3) is 11.0 Å². The van der Waals surface area contributed by atoms with Gasteiger partial charge in [0, 0.05) is 29.7 Å². The second kappa shape index (κ2) is 8.31. The summed E-state index contributed by atoms with van der Waals surface area (Å²) in [6.45, 7) is 0.851. The number of halogens is 1. The van der Waals surface area contributed by atoms with Gasteiger partial charge in [0.1, 0.15) is 16.3 Å². The first kappa shape index (κ1) is 21.1. The summed E-state index contributed by atoms with van der Waals surface area (Å²) in [4.78, 5) is 12.2. The molecule has 32 heavy (non-hydrogen) atoms. The summed E-state index contributed by atoms with van der Waals surface area (Å²) in [5, 5.41) is 3.60. The molecular formula is C23H23FN2O5S. The summed E-state index contributed by atoms with van der Waals surface area (Å²) < 4.78 is 52.1. The second-order valence-corrected chi connectivity index (χ2v) is 10.0. The van der Waals surface area contributed by atoms with Crippen molar-refractivity contribution in [1.82, 2.24) is 4.31 Å². The van der Waals surface area contributed by atoms with E-state index in [-0.39, 0.29) is 44.3 Å². The Bertz CT molecular complexity index is 1300. The molecule has 1 saturated heterocycles. The van der Waals surface area contributed by atoms with Gasteiger partial charge in [-0.25, -0.2) is 12.8 Å². The van der Waals surface area contributed by atoms with Crippen LogP contribution in [0.1, 0.15) is 23.1 Å². The number of nitrogens with one attached hydrogen (secondary N) is 1. The number of anilines is 1. The van der Waals surface area contributed by atoms with Crippen LogP contribution >= 0.6 is 0 Å². The van der Waals surface area contributed by atoms with Crippen molar-refractivity contribution in [3.63, 3.8) is 0 Å². The Kier molecular flexibility index (Phi) is 5.48. The average molecular weight is 459 g/mol. The van der Waals surface area contributed by atoms with E-state index in [2.05, 4.69) is 11.4 Å². The molecule has 0 radical (unpaired) electrons. The van der Waals surface area contributed by atoms with Gasteiger partial charge < -0.3 is 14.5 Å². The first-order chi connectivity index (χ1) is 15.4. The van der Waals surface area contributed by atoms with Gasteiger partial charge >= 0.3 is 0 Å². The van der Waals surface area contributed by atoms with Crippen LogP contribution in [0, 0.1) is 5.82 Å². The smallest absolute Gasteiger partial charge is 0.246 e. The fourth-order valence-electron chi connectivity index (χ4n) is 4.37. The number of nitrogens with zero attached hydrogens (tertiary/aromatic N) is 1. The van der Waals surface area contributed by atoms with Crippen molar-refractivity contribution in [2.75, 3.05) is 31.6 Å². The van der Waals surface area contributed by atoms with Crippen LogP contribution in [-0.4, -0.2) is 44.9 Å². The number of aryl methyl sites for hydroxylation is 2. The maximum Gasteiger partial charge on any atom is 0.246 e. The van der Waals surface area contributed by atoms with Crippen molar-refractivity contribution in [3.8, 4) is 0 Å². The fraction of sp³-hybridized carbons (Fsp3) is 0.348. The lowest BCUT2D eigenvalue weighted by Gasteiger charge is -2.26. The minimum atomic E-state index is -4.02. The molecule has 2 aromatic carbocycles. The van der Waals surface area contributed by atoms with Crippen molar-refractivity contribution < 1.29 is 26.8 Å². The largest absolute Gasteiger partial charge is 0.464 e. The number of ether oxygens (including phenoxy) is 1. The van der Waals surface area contributed by atoms with Crippen LogP contribution in [0.5, 0.6) is 0 Å². The van der Waals surface area contributed by atoms with Gasteiger partial charge in [0.2, 0.25) is 15.9 Å². The Morgan fingerprint density at radius 1 is 1.09 bits per heavy atom. The highest BCUT2D eigenvalue weighted by atomic mass is 32.2. The monoisotopic (exact) mass is 458 g/mol. The van der Waals surface area contributed by atoms with Crippen LogP contribution in [0.15, 0.2) is 45.9 Å². The number of hydrogen-bond acceptors (Lipinski definition) is 5. The van der Waals surface area contributed by atoms with Gasteiger partial charge in [-0.3, -0.25) is 4.79 Å². The van der Waals surface area contributed by atoms with Gasteiger partial charge in [0.05, 0.1) is 25.9 Å². The maximum atomic E-state index is 14.4. The highest BCUT2D eigenvalue weighted by molar-refractivity contribution is 7.89. The molecule has 0 unspecified atom stereocenters. The molecule has 1 fully saturated rings. The lowest BCUT2D eigenvalue weighted by molar-refractivity contribution is -0.115. The van der Waals surface area contributed by atoms with Crippen LogP contribution in [0.2, 0.25) is 0 Å². The standard InChI is InChI=1S/C23H23FN2O5S/c24-20-5-4-18(13-22(20)32(28,29)26-6-8-30-9-7-26)25-23(27)12-17-14-31-21-11-16-3-1-2-15(16)10-19(17)21/h4-5,10-11,13-14H,1-3,6-9,12H2,(H,25,27). The molecule has 3 aromatic rings. The van der Waals surface area contributed by atoms with Crippen molar-refractivity contribution >= 4 is 32.6 Å². The summed E-state index contributed by atoms with van der Waals surface area (Å²) in [5.41, 5.74) is 4.32. The molecular weight excluding hydrogens is 435 g/mol. The van der Waals surface area contributed by atoms with Crippen LogP contribution in [0.4, 0.5) is 10.1 Å². The van der Waals surface area contributed by atoms with E-state index in [1.165, 1.54) is 27.6 Å². The molecule has 0 bridgehead atoms. The zero-order valence-corrected chi connectivity index (χ0v) is 18.2. The predicted octanol–water partition coefficient (Wildman–Crippen LogP) is 3.26. The molecule has 1 aromatic heterocycles. The number of fused-ring (bicyclic) bond motifs is 2. The van der Waals surface area contributed by atoms with Crippen molar-refractivity contribution in [2.45, 2.75) is 30.6 Å². The molecule has 9 heteroatoms. The normalized spacial score (nSPS) is 16.9. The third kappa shape index (κ3) is 3.92. The van der Waals surface area contributed by atoms with E-state index in [1.54, 1.807) is 6.26 Å². The third-order valence-corrected chi connectivity index (χ3v) is 7.94. The molecule has 2 aliphatic rings. The molecule has 168 valence electrons. The first-order valence-electron chi connectivity index (χ1n) is 10.6. The summed E-state index contributed by atoms with van der Waals surface area (Å²) in [6, 6.07) is 7.71. The van der Waals surface area contributed by atoms with E-state index in [4.69, 9.17) is 9.15 Å². The molecule has 5 rings (SSSR count). The third-order valence-electron chi connectivity index (χ3n) is 6.02. The van der Waals surface area contributed by atoms with Gasteiger partial charge in [0.15, 0.2) is 0 Å². The van der Waals surface area contributed by atoms with Gasteiger partial charge in [-0.15, -0.1) is 0 Å². The zero-order chi connectivity index (χ0) is 22.3. The minimum absolute atomic E-state index is 0.0642. The highest BCUT2D eigenvalue weighted by Crippen LogP contribution is 2.31. The van der Waals surface area contributed by atoms with Crippen molar-refractivity contribution in [3.05, 3.63) is 59.1 Å². The molecule has 7 nitrogen and oxygen atoms in total. The Balaban J connectivity index is 1.35. The molecule has 2 heterocycles. The molecule has 1 aliphatic heterocycles. The number of amides is 1. The molecule has 1 amide bonds. The van der Waals surface area contributed by atoms with Gasteiger partial charge in [-0.2, -0.15) is 4.31 Å². The molecule has 1 aliphatic carbocycles. The van der Waals surface area contributed by atoms with E-state index < -0.39 is 20.7 Å². The fourth-order valence-corrected chi connectivity index (χ4v) is 5.87. The van der Waals surface area contributed by atoms with E-state index >= 15 is 0 Å². The number of rotatable bonds is 5. The number of sulfonamides is 1.